The van der Waals surface area contributed by atoms with E-state index < -0.39 is 0 Å². The van der Waals surface area contributed by atoms with Crippen LogP contribution in [0.1, 0.15) is 30.1 Å². The molecule has 1 unspecified atom stereocenters. The quantitative estimate of drug-likeness (QED) is 0.790. The molecule has 1 aromatic carbocycles. The van der Waals surface area contributed by atoms with E-state index in [9.17, 15) is 0 Å². The van der Waals surface area contributed by atoms with E-state index in [1.165, 1.54) is 0 Å². The predicted octanol–water partition coefficient (Wildman–Crippen LogP) is 3.27. The lowest BCUT2D eigenvalue weighted by Crippen LogP contribution is -2.20. The predicted molar refractivity (Wildman–Crippen MR) is 79.8 cm³/mol. The van der Waals surface area contributed by atoms with Crippen LogP contribution in [0.5, 0.6) is 0 Å². The molecule has 2 aromatic heterocycles. The van der Waals surface area contributed by atoms with Crippen molar-refractivity contribution in [3.05, 3.63) is 53.5 Å². The molecule has 0 bridgehead atoms. The molecule has 0 aliphatic rings. The molecule has 0 saturated heterocycles. The fourth-order valence-corrected chi connectivity index (χ4v) is 2.63. The summed E-state index contributed by atoms with van der Waals surface area (Å²) < 4.78 is 8.00. The maximum atomic E-state index is 5.98. The highest BCUT2D eigenvalue weighted by molar-refractivity contribution is 5.77. The molecular formula is C16H19N3O. The standard InChI is InChI=1S/C16H19N3O/c1-4-19-13(9-11(2)18-19)16(17-3)15-10-12-7-5-6-8-14(12)20-15/h5-10,16-17H,4H2,1-3H3. The summed E-state index contributed by atoms with van der Waals surface area (Å²) in [7, 11) is 1.94. The molecule has 2 heterocycles. The van der Waals surface area contributed by atoms with Gasteiger partial charge in [0.1, 0.15) is 17.4 Å². The van der Waals surface area contributed by atoms with Crippen LogP contribution in [0.15, 0.2) is 40.8 Å². The van der Waals surface area contributed by atoms with Crippen molar-refractivity contribution in [3.8, 4) is 0 Å². The second-order valence-corrected chi connectivity index (χ2v) is 4.93. The fourth-order valence-electron chi connectivity index (χ4n) is 2.63. The van der Waals surface area contributed by atoms with E-state index in [-0.39, 0.29) is 6.04 Å². The second kappa shape index (κ2) is 5.13. The van der Waals surface area contributed by atoms with E-state index in [0.717, 1.165) is 34.7 Å². The van der Waals surface area contributed by atoms with Crippen molar-refractivity contribution in [1.82, 2.24) is 15.1 Å². The monoisotopic (exact) mass is 269 g/mol. The normalized spacial score (nSPS) is 12.9. The van der Waals surface area contributed by atoms with E-state index in [2.05, 4.69) is 35.5 Å². The number of nitrogens with zero attached hydrogens (tertiary/aromatic N) is 2. The first kappa shape index (κ1) is 12.9. The van der Waals surface area contributed by atoms with Gasteiger partial charge in [0.2, 0.25) is 0 Å². The first-order valence-electron chi connectivity index (χ1n) is 6.93. The fraction of sp³-hybridized carbons (Fsp3) is 0.312. The Morgan fingerprint density at radius 3 is 2.80 bits per heavy atom. The Bertz CT molecular complexity index is 693. The van der Waals surface area contributed by atoms with Gasteiger partial charge in [-0.15, -0.1) is 0 Å². The zero-order valence-corrected chi connectivity index (χ0v) is 12.1. The molecule has 0 amide bonds. The molecule has 0 aliphatic heterocycles. The summed E-state index contributed by atoms with van der Waals surface area (Å²) in [5.74, 6) is 0.920. The van der Waals surface area contributed by atoms with Crippen LogP contribution in [0.3, 0.4) is 0 Å². The third kappa shape index (κ3) is 2.12. The molecule has 1 N–H and O–H groups in total. The van der Waals surface area contributed by atoms with Crippen LogP contribution in [0, 0.1) is 6.92 Å². The number of furan rings is 1. The summed E-state index contributed by atoms with van der Waals surface area (Å²) in [6.07, 6.45) is 0. The van der Waals surface area contributed by atoms with E-state index in [1.807, 2.05) is 36.9 Å². The molecule has 20 heavy (non-hydrogen) atoms. The van der Waals surface area contributed by atoms with Gasteiger partial charge in [0.25, 0.3) is 0 Å². The maximum Gasteiger partial charge on any atom is 0.134 e. The molecular weight excluding hydrogens is 250 g/mol. The van der Waals surface area contributed by atoms with Gasteiger partial charge in [-0.25, -0.2) is 0 Å². The van der Waals surface area contributed by atoms with E-state index in [0.29, 0.717) is 0 Å². The summed E-state index contributed by atoms with van der Waals surface area (Å²) in [6.45, 7) is 4.96. The number of para-hydroxylation sites is 1. The number of aryl methyl sites for hydroxylation is 2. The highest BCUT2D eigenvalue weighted by Crippen LogP contribution is 2.28. The third-order valence-corrected chi connectivity index (χ3v) is 3.55. The van der Waals surface area contributed by atoms with Crippen molar-refractivity contribution in [2.75, 3.05) is 7.05 Å². The first-order chi connectivity index (χ1) is 9.72. The lowest BCUT2D eigenvalue weighted by molar-refractivity contribution is 0.465. The molecule has 1 atom stereocenters. The summed E-state index contributed by atoms with van der Waals surface area (Å²) >= 11 is 0. The Hall–Kier alpha value is -2.07. The maximum absolute atomic E-state index is 5.98. The Morgan fingerprint density at radius 2 is 2.10 bits per heavy atom. The van der Waals surface area contributed by atoms with Crippen molar-refractivity contribution in [2.45, 2.75) is 26.4 Å². The second-order valence-electron chi connectivity index (χ2n) is 4.93. The molecule has 0 fully saturated rings. The van der Waals surface area contributed by atoms with Crippen LogP contribution < -0.4 is 5.32 Å². The average molecular weight is 269 g/mol. The number of fused-ring (bicyclic) bond motifs is 1. The molecule has 0 saturated carbocycles. The van der Waals surface area contributed by atoms with Crippen LogP contribution in [-0.4, -0.2) is 16.8 Å². The highest BCUT2D eigenvalue weighted by atomic mass is 16.3. The van der Waals surface area contributed by atoms with Crippen molar-refractivity contribution in [2.24, 2.45) is 0 Å². The van der Waals surface area contributed by atoms with Crippen LogP contribution in [0.2, 0.25) is 0 Å². The number of nitrogens with one attached hydrogen (secondary N) is 1. The van der Waals surface area contributed by atoms with E-state index in [4.69, 9.17) is 4.42 Å². The Labute approximate surface area is 118 Å². The minimum atomic E-state index is 0.0172. The molecule has 104 valence electrons. The highest BCUT2D eigenvalue weighted by Gasteiger charge is 2.21. The van der Waals surface area contributed by atoms with Gasteiger partial charge < -0.3 is 9.73 Å². The van der Waals surface area contributed by atoms with Crippen molar-refractivity contribution < 1.29 is 4.42 Å². The SMILES string of the molecule is CCn1nc(C)cc1C(NC)c1cc2ccccc2o1. The third-order valence-electron chi connectivity index (χ3n) is 3.55. The zero-order valence-electron chi connectivity index (χ0n) is 12.1. The van der Waals surface area contributed by atoms with E-state index in [1.54, 1.807) is 0 Å². The summed E-state index contributed by atoms with van der Waals surface area (Å²) in [5, 5.41) is 8.97. The summed E-state index contributed by atoms with van der Waals surface area (Å²) in [6, 6.07) is 12.3. The number of hydrogen-bond acceptors (Lipinski definition) is 3. The van der Waals surface area contributed by atoms with Gasteiger partial charge in [0.15, 0.2) is 0 Å². The van der Waals surface area contributed by atoms with Crippen molar-refractivity contribution >= 4 is 11.0 Å². The van der Waals surface area contributed by atoms with Gasteiger partial charge in [0, 0.05) is 11.9 Å². The van der Waals surface area contributed by atoms with Crippen LogP contribution >= 0.6 is 0 Å². The average Bonchev–Trinajstić information content (AvgIpc) is 3.03. The summed E-state index contributed by atoms with van der Waals surface area (Å²) in [4.78, 5) is 0. The first-order valence-corrected chi connectivity index (χ1v) is 6.93. The molecule has 3 aromatic rings. The largest absolute Gasteiger partial charge is 0.459 e. The van der Waals surface area contributed by atoms with E-state index >= 15 is 0 Å². The number of rotatable bonds is 4. The van der Waals surface area contributed by atoms with Gasteiger partial charge in [-0.2, -0.15) is 5.10 Å². The molecule has 0 spiro atoms. The minimum Gasteiger partial charge on any atom is -0.459 e. The lowest BCUT2D eigenvalue weighted by atomic mass is 10.1. The van der Waals surface area contributed by atoms with Crippen molar-refractivity contribution in [1.29, 1.82) is 0 Å². The topological polar surface area (TPSA) is 43.0 Å². The van der Waals surface area contributed by atoms with Gasteiger partial charge >= 0.3 is 0 Å². The molecule has 4 heteroatoms. The minimum absolute atomic E-state index is 0.0172. The van der Waals surface area contributed by atoms with Gasteiger partial charge in [-0.3, -0.25) is 4.68 Å². The van der Waals surface area contributed by atoms with Crippen LogP contribution in [-0.2, 0) is 6.54 Å². The van der Waals surface area contributed by atoms with Crippen LogP contribution in [0.4, 0.5) is 0 Å². The molecule has 0 radical (unpaired) electrons. The Balaban J connectivity index is 2.08. The lowest BCUT2D eigenvalue weighted by Gasteiger charge is -2.14. The number of aromatic nitrogens is 2. The number of hydrogen-bond donors (Lipinski definition) is 1. The van der Waals surface area contributed by atoms with Gasteiger partial charge in [-0.1, -0.05) is 18.2 Å². The smallest absolute Gasteiger partial charge is 0.134 e. The Kier molecular flexibility index (Phi) is 3.32. The molecule has 0 aliphatic carbocycles. The summed E-state index contributed by atoms with van der Waals surface area (Å²) in [5.41, 5.74) is 3.08. The molecule has 3 rings (SSSR count). The molecule has 4 nitrogen and oxygen atoms in total. The van der Waals surface area contributed by atoms with Gasteiger partial charge in [-0.05, 0) is 39.1 Å². The van der Waals surface area contributed by atoms with Crippen LogP contribution in [0.25, 0.3) is 11.0 Å². The van der Waals surface area contributed by atoms with Crippen molar-refractivity contribution in [3.63, 3.8) is 0 Å². The Morgan fingerprint density at radius 1 is 1.30 bits per heavy atom. The number of benzene rings is 1. The zero-order chi connectivity index (χ0) is 14.1. The van der Waals surface area contributed by atoms with Gasteiger partial charge in [0.05, 0.1) is 11.4 Å².